The molecule has 1 fully saturated rings. The number of hydrogen-bond acceptors (Lipinski definition) is 4. The van der Waals surface area contributed by atoms with Crippen molar-refractivity contribution in [3.8, 4) is 0 Å². The number of pyridine rings is 1. The van der Waals surface area contributed by atoms with E-state index >= 15 is 0 Å². The van der Waals surface area contributed by atoms with Gasteiger partial charge in [-0.2, -0.15) is 0 Å². The van der Waals surface area contributed by atoms with Crippen LogP contribution in [0.15, 0.2) is 48.7 Å². The van der Waals surface area contributed by atoms with E-state index in [9.17, 15) is 5.11 Å². The fraction of sp³-hybridized carbons (Fsp3) is 0.421. The number of anilines is 1. The van der Waals surface area contributed by atoms with Gasteiger partial charge >= 0.3 is 0 Å². The number of β-amino-alcohol motifs (C(OH)–C–C–N with tert-alkyl or cyclic N) is 1. The van der Waals surface area contributed by atoms with Gasteiger partial charge in [-0.3, -0.25) is 4.90 Å². The minimum atomic E-state index is -0.415. The summed E-state index contributed by atoms with van der Waals surface area (Å²) in [4.78, 5) is 9.05. The summed E-state index contributed by atoms with van der Waals surface area (Å²) in [5.74, 6) is 1.04. The molecule has 0 bridgehead atoms. The molecule has 4 heteroatoms. The van der Waals surface area contributed by atoms with Crippen LogP contribution >= 0.6 is 0 Å². The third kappa shape index (κ3) is 4.09. The largest absolute Gasteiger partial charge is 0.387 e. The zero-order valence-electron chi connectivity index (χ0n) is 13.7. The molecule has 4 nitrogen and oxygen atoms in total. The van der Waals surface area contributed by atoms with Crippen LogP contribution in [-0.2, 0) is 6.42 Å². The average molecular weight is 311 g/mol. The predicted octanol–water partition coefficient (Wildman–Crippen LogP) is 2.50. The average Bonchev–Trinajstić information content (AvgIpc) is 2.63. The van der Waals surface area contributed by atoms with Crippen molar-refractivity contribution in [1.29, 1.82) is 0 Å². The maximum atomic E-state index is 10.5. The number of piperazine rings is 1. The van der Waals surface area contributed by atoms with E-state index in [0.29, 0.717) is 6.54 Å². The van der Waals surface area contributed by atoms with Gasteiger partial charge < -0.3 is 10.0 Å². The number of aromatic nitrogens is 1. The summed E-state index contributed by atoms with van der Waals surface area (Å²) in [5.41, 5.74) is 2.32. The lowest BCUT2D eigenvalue weighted by Crippen LogP contribution is -2.47. The van der Waals surface area contributed by atoms with E-state index in [1.165, 1.54) is 5.56 Å². The van der Waals surface area contributed by atoms with E-state index in [-0.39, 0.29) is 0 Å². The minimum Gasteiger partial charge on any atom is -0.387 e. The van der Waals surface area contributed by atoms with Crippen LogP contribution in [0.25, 0.3) is 0 Å². The molecule has 2 aromatic rings. The molecule has 0 unspecified atom stereocenters. The summed E-state index contributed by atoms with van der Waals surface area (Å²) in [5, 5.41) is 10.5. The highest BCUT2D eigenvalue weighted by Crippen LogP contribution is 2.18. The molecular weight excluding hydrogens is 286 g/mol. The van der Waals surface area contributed by atoms with Crippen molar-refractivity contribution in [3.63, 3.8) is 0 Å². The molecule has 0 aliphatic carbocycles. The highest BCUT2D eigenvalue weighted by Gasteiger charge is 2.20. The van der Waals surface area contributed by atoms with Crippen LogP contribution in [0.2, 0.25) is 0 Å². The number of hydrogen-bond donors (Lipinski definition) is 1. The molecule has 1 aliphatic heterocycles. The first-order valence-electron chi connectivity index (χ1n) is 8.41. The number of rotatable bonds is 5. The molecule has 0 spiro atoms. The number of aryl methyl sites for hydroxylation is 1. The monoisotopic (exact) mass is 311 g/mol. The molecule has 0 saturated carbocycles. The van der Waals surface area contributed by atoms with Crippen LogP contribution in [0.3, 0.4) is 0 Å². The van der Waals surface area contributed by atoms with Gasteiger partial charge in [0.25, 0.3) is 0 Å². The second-order valence-corrected chi connectivity index (χ2v) is 6.09. The molecule has 1 N–H and O–H groups in total. The molecule has 3 rings (SSSR count). The van der Waals surface area contributed by atoms with Crippen molar-refractivity contribution in [2.75, 3.05) is 37.6 Å². The zero-order chi connectivity index (χ0) is 16.1. The van der Waals surface area contributed by atoms with Crippen LogP contribution in [0.4, 0.5) is 5.82 Å². The summed E-state index contributed by atoms with van der Waals surface area (Å²) in [7, 11) is 0. The molecule has 0 radical (unpaired) electrons. The maximum Gasteiger partial charge on any atom is 0.128 e. The molecule has 1 aromatic heterocycles. The van der Waals surface area contributed by atoms with E-state index in [1.807, 2.05) is 30.5 Å². The molecule has 1 aliphatic rings. The Kier molecular flexibility index (Phi) is 5.26. The lowest BCUT2D eigenvalue weighted by Gasteiger charge is -2.36. The molecule has 122 valence electrons. The topological polar surface area (TPSA) is 39.6 Å². The van der Waals surface area contributed by atoms with Crippen molar-refractivity contribution in [2.24, 2.45) is 0 Å². The summed E-state index contributed by atoms with van der Waals surface area (Å²) in [6.45, 7) is 6.67. The van der Waals surface area contributed by atoms with Gasteiger partial charge in [-0.1, -0.05) is 37.3 Å². The first-order chi connectivity index (χ1) is 11.3. The Balaban J connectivity index is 1.51. The first-order valence-corrected chi connectivity index (χ1v) is 8.41. The molecule has 1 aromatic carbocycles. The predicted molar refractivity (Wildman–Crippen MR) is 93.7 cm³/mol. The Morgan fingerprint density at radius 3 is 2.39 bits per heavy atom. The first kappa shape index (κ1) is 16.0. The summed E-state index contributed by atoms with van der Waals surface area (Å²) < 4.78 is 0. The smallest absolute Gasteiger partial charge is 0.128 e. The van der Waals surface area contributed by atoms with E-state index in [0.717, 1.165) is 44.0 Å². The van der Waals surface area contributed by atoms with Crippen molar-refractivity contribution in [2.45, 2.75) is 19.4 Å². The van der Waals surface area contributed by atoms with Gasteiger partial charge in [-0.05, 0) is 29.7 Å². The summed E-state index contributed by atoms with van der Waals surface area (Å²) in [6.07, 6.45) is 2.46. The van der Waals surface area contributed by atoms with Gasteiger partial charge in [-0.15, -0.1) is 0 Å². The second-order valence-electron chi connectivity index (χ2n) is 6.09. The fourth-order valence-corrected chi connectivity index (χ4v) is 3.03. The number of benzene rings is 1. The Labute approximate surface area is 138 Å². The molecular formula is C19H25N3O. The Hall–Kier alpha value is -1.91. The van der Waals surface area contributed by atoms with E-state index in [4.69, 9.17) is 0 Å². The summed E-state index contributed by atoms with van der Waals surface area (Å²) >= 11 is 0. The Morgan fingerprint density at radius 2 is 1.78 bits per heavy atom. The lowest BCUT2D eigenvalue weighted by molar-refractivity contribution is 0.109. The Bertz CT molecular complexity index is 592. The van der Waals surface area contributed by atoms with Gasteiger partial charge in [0.1, 0.15) is 5.82 Å². The lowest BCUT2D eigenvalue weighted by atomic mass is 10.1. The third-order valence-corrected chi connectivity index (χ3v) is 4.55. The van der Waals surface area contributed by atoms with Gasteiger partial charge in [0.2, 0.25) is 0 Å². The standard InChI is InChI=1S/C19H25N3O/c1-2-16-6-8-17(9-7-16)18(23)15-21-11-13-22(14-12-21)19-5-3-4-10-20-19/h3-10,18,23H,2,11-15H2,1H3/t18-/m1/s1. The van der Waals surface area contributed by atoms with E-state index in [2.05, 4.69) is 39.9 Å². The number of nitrogens with zero attached hydrogens (tertiary/aromatic N) is 3. The second kappa shape index (κ2) is 7.57. The van der Waals surface area contributed by atoms with E-state index in [1.54, 1.807) is 0 Å². The molecule has 23 heavy (non-hydrogen) atoms. The van der Waals surface area contributed by atoms with Crippen molar-refractivity contribution >= 4 is 5.82 Å². The van der Waals surface area contributed by atoms with Gasteiger partial charge in [0, 0.05) is 38.9 Å². The highest BCUT2D eigenvalue weighted by atomic mass is 16.3. The molecule has 2 heterocycles. The Morgan fingerprint density at radius 1 is 1.04 bits per heavy atom. The van der Waals surface area contributed by atoms with Gasteiger partial charge in [-0.25, -0.2) is 4.98 Å². The normalized spacial score (nSPS) is 17.2. The van der Waals surface area contributed by atoms with Crippen LogP contribution in [0.1, 0.15) is 24.2 Å². The van der Waals surface area contributed by atoms with Crippen molar-refractivity contribution in [3.05, 3.63) is 59.8 Å². The molecule has 1 saturated heterocycles. The minimum absolute atomic E-state index is 0.415. The summed E-state index contributed by atoms with van der Waals surface area (Å²) in [6, 6.07) is 14.3. The van der Waals surface area contributed by atoms with Gasteiger partial charge in [0.15, 0.2) is 0 Å². The number of aliphatic hydroxyl groups excluding tert-OH is 1. The maximum absolute atomic E-state index is 10.5. The van der Waals surface area contributed by atoms with E-state index < -0.39 is 6.10 Å². The molecule has 1 atom stereocenters. The van der Waals surface area contributed by atoms with Crippen LogP contribution in [0, 0.1) is 0 Å². The van der Waals surface area contributed by atoms with Crippen molar-refractivity contribution < 1.29 is 5.11 Å². The van der Waals surface area contributed by atoms with Crippen LogP contribution < -0.4 is 4.90 Å². The highest BCUT2D eigenvalue weighted by molar-refractivity contribution is 5.38. The van der Waals surface area contributed by atoms with Crippen LogP contribution in [-0.4, -0.2) is 47.7 Å². The van der Waals surface area contributed by atoms with Gasteiger partial charge in [0.05, 0.1) is 6.10 Å². The zero-order valence-corrected chi connectivity index (χ0v) is 13.7. The van der Waals surface area contributed by atoms with Crippen LogP contribution in [0.5, 0.6) is 0 Å². The quantitative estimate of drug-likeness (QED) is 0.921. The number of aliphatic hydroxyl groups is 1. The van der Waals surface area contributed by atoms with Crippen molar-refractivity contribution in [1.82, 2.24) is 9.88 Å². The third-order valence-electron chi connectivity index (χ3n) is 4.55. The SMILES string of the molecule is CCc1ccc([C@H](O)CN2CCN(c3ccccn3)CC2)cc1. The fourth-order valence-electron chi connectivity index (χ4n) is 3.03. The molecule has 0 amide bonds.